The molecule has 22 heavy (non-hydrogen) atoms. The lowest BCUT2D eigenvalue weighted by atomic mass is 9.88. The number of carbonyl (C=O) groups excluding carboxylic acids is 1. The van der Waals surface area contributed by atoms with Crippen LogP contribution in [0.15, 0.2) is 48.5 Å². The lowest BCUT2D eigenvalue weighted by Crippen LogP contribution is -2.34. The first kappa shape index (κ1) is 14.6. The first-order valence-corrected chi connectivity index (χ1v) is 7.48. The van der Waals surface area contributed by atoms with E-state index in [-0.39, 0.29) is 24.3 Å². The van der Waals surface area contributed by atoms with Crippen LogP contribution in [0.25, 0.3) is 0 Å². The second-order valence-electron chi connectivity index (χ2n) is 5.43. The summed E-state index contributed by atoms with van der Waals surface area (Å²) < 4.78 is 18.7. The Kier molecular flexibility index (Phi) is 4.37. The van der Waals surface area contributed by atoms with Gasteiger partial charge >= 0.3 is 0 Å². The molecule has 3 rings (SSSR count). The lowest BCUT2D eigenvalue weighted by Gasteiger charge is -2.26. The lowest BCUT2D eigenvalue weighted by molar-refractivity contribution is -0.124. The smallest absolute Gasteiger partial charge is 0.258 e. The van der Waals surface area contributed by atoms with Crippen molar-refractivity contribution in [1.82, 2.24) is 5.32 Å². The second kappa shape index (κ2) is 6.60. The van der Waals surface area contributed by atoms with Crippen molar-refractivity contribution in [1.29, 1.82) is 0 Å². The zero-order valence-electron chi connectivity index (χ0n) is 12.2. The maximum atomic E-state index is 13.4. The fraction of sp³-hybridized carbons (Fsp3) is 0.278. The molecule has 1 N–H and O–H groups in total. The molecule has 0 aliphatic heterocycles. The van der Waals surface area contributed by atoms with Gasteiger partial charge < -0.3 is 10.1 Å². The Morgan fingerprint density at radius 1 is 1.18 bits per heavy atom. The molecule has 0 saturated heterocycles. The van der Waals surface area contributed by atoms with Crippen LogP contribution in [0.5, 0.6) is 5.75 Å². The Morgan fingerprint density at radius 3 is 2.82 bits per heavy atom. The summed E-state index contributed by atoms with van der Waals surface area (Å²) >= 11 is 0. The molecule has 0 fully saturated rings. The van der Waals surface area contributed by atoms with Gasteiger partial charge in [0, 0.05) is 0 Å². The maximum Gasteiger partial charge on any atom is 0.258 e. The number of hydrogen-bond acceptors (Lipinski definition) is 2. The molecule has 1 unspecified atom stereocenters. The average Bonchev–Trinajstić information content (AvgIpc) is 2.54. The molecule has 0 bridgehead atoms. The fourth-order valence-electron chi connectivity index (χ4n) is 2.84. The van der Waals surface area contributed by atoms with Crippen LogP contribution < -0.4 is 10.1 Å². The number of fused-ring (bicyclic) bond motifs is 1. The van der Waals surface area contributed by atoms with Crippen LogP contribution >= 0.6 is 0 Å². The van der Waals surface area contributed by atoms with Crippen molar-refractivity contribution in [3.63, 3.8) is 0 Å². The minimum atomic E-state index is -0.460. The Hall–Kier alpha value is -2.36. The highest BCUT2D eigenvalue weighted by Crippen LogP contribution is 2.29. The summed E-state index contributed by atoms with van der Waals surface area (Å²) in [5, 5.41) is 2.98. The van der Waals surface area contributed by atoms with Gasteiger partial charge in [-0.3, -0.25) is 4.79 Å². The van der Waals surface area contributed by atoms with Crippen LogP contribution in [-0.2, 0) is 11.2 Å². The van der Waals surface area contributed by atoms with Gasteiger partial charge in [0.2, 0.25) is 0 Å². The average molecular weight is 299 g/mol. The molecule has 1 aliphatic carbocycles. The van der Waals surface area contributed by atoms with Crippen LogP contribution in [0, 0.1) is 5.82 Å². The van der Waals surface area contributed by atoms with Crippen molar-refractivity contribution in [2.24, 2.45) is 0 Å². The van der Waals surface area contributed by atoms with Crippen molar-refractivity contribution < 1.29 is 13.9 Å². The largest absolute Gasteiger partial charge is 0.481 e. The Labute approximate surface area is 129 Å². The molecule has 0 radical (unpaired) electrons. The number of para-hydroxylation sites is 1. The van der Waals surface area contributed by atoms with E-state index in [0.29, 0.717) is 0 Å². The third kappa shape index (κ3) is 3.27. The number of amides is 1. The van der Waals surface area contributed by atoms with Gasteiger partial charge in [-0.2, -0.15) is 0 Å². The van der Waals surface area contributed by atoms with Gasteiger partial charge in [-0.15, -0.1) is 0 Å². The number of aryl methyl sites for hydroxylation is 1. The van der Waals surface area contributed by atoms with E-state index in [1.54, 1.807) is 12.1 Å². The maximum absolute atomic E-state index is 13.4. The van der Waals surface area contributed by atoms with Crippen molar-refractivity contribution in [2.45, 2.75) is 25.3 Å². The number of nitrogens with one attached hydrogen (secondary N) is 1. The number of halogens is 1. The molecule has 0 saturated carbocycles. The molecule has 1 atom stereocenters. The van der Waals surface area contributed by atoms with E-state index >= 15 is 0 Å². The number of ether oxygens (including phenoxy) is 1. The third-order valence-electron chi connectivity index (χ3n) is 3.90. The molecule has 1 amide bonds. The normalized spacial score (nSPS) is 16.7. The van der Waals surface area contributed by atoms with Gasteiger partial charge in [-0.25, -0.2) is 4.39 Å². The van der Waals surface area contributed by atoms with Gasteiger partial charge in [0.05, 0.1) is 6.04 Å². The van der Waals surface area contributed by atoms with Gasteiger partial charge in [0.1, 0.15) is 0 Å². The van der Waals surface area contributed by atoms with E-state index in [1.165, 1.54) is 23.3 Å². The third-order valence-corrected chi connectivity index (χ3v) is 3.90. The molecular formula is C18H18FNO2. The van der Waals surface area contributed by atoms with Gasteiger partial charge in [0.15, 0.2) is 18.2 Å². The summed E-state index contributed by atoms with van der Waals surface area (Å²) in [6.45, 7) is -0.181. The zero-order chi connectivity index (χ0) is 15.4. The highest BCUT2D eigenvalue weighted by Gasteiger charge is 2.21. The highest BCUT2D eigenvalue weighted by atomic mass is 19.1. The standard InChI is InChI=1S/C18H18FNO2/c19-15-9-3-4-11-17(15)22-12-18(21)20-16-10-5-7-13-6-1-2-8-14(13)16/h1-4,6,8-9,11,16H,5,7,10,12H2,(H,20,21). The van der Waals surface area contributed by atoms with Crippen molar-refractivity contribution in [3.8, 4) is 5.75 Å². The second-order valence-corrected chi connectivity index (χ2v) is 5.43. The molecular weight excluding hydrogens is 281 g/mol. The summed E-state index contributed by atoms with van der Waals surface area (Å²) in [6, 6.07) is 14.3. The van der Waals surface area contributed by atoms with E-state index in [2.05, 4.69) is 17.4 Å². The van der Waals surface area contributed by atoms with Crippen LogP contribution in [0.4, 0.5) is 4.39 Å². The van der Waals surface area contributed by atoms with Gasteiger partial charge in [-0.1, -0.05) is 36.4 Å². The topological polar surface area (TPSA) is 38.3 Å². The van der Waals surface area contributed by atoms with E-state index in [1.807, 2.05) is 12.1 Å². The molecule has 3 nitrogen and oxygen atoms in total. The molecule has 0 aromatic heterocycles. The predicted octanol–water partition coefficient (Wildman–Crippen LogP) is 3.40. The minimum Gasteiger partial charge on any atom is -0.481 e. The number of rotatable bonds is 4. The summed E-state index contributed by atoms with van der Waals surface area (Å²) in [6.07, 6.45) is 3.02. The predicted molar refractivity (Wildman–Crippen MR) is 82.2 cm³/mol. The van der Waals surface area contributed by atoms with Gasteiger partial charge in [-0.05, 0) is 42.5 Å². The molecule has 1 aliphatic rings. The summed E-state index contributed by atoms with van der Waals surface area (Å²) in [5.41, 5.74) is 2.46. The number of carbonyl (C=O) groups is 1. The van der Waals surface area contributed by atoms with Gasteiger partial charge in [0.25, 0.3) is 5.91 Å². The highest BCUT2D eigenvalue weighted by molar-refractivity contribution is 5.78. The van der Waals surface area contributed by atoms with E-state index in [4.69, 9.17) is 4.74 Å². The van der Waals surface area contributed by atoms with Crippen LogP contribution in [0.1, 0.15) is 30.0 Å². The van der Waals surface area contributed by atoms with Crippen LogP contribution in [0.2, 0.25) is 0 Å². The Morgan fingerprint density at radius 2 is 1.95 bits per heavy atom. The van der Waals surface area contributed by atoms with Crippen LogP contribution in [0.3, 0.4) is 0 Å². The molecule has 0 heterocycles. The SMILES string of the molecule is O=C(COc1ccccc1F)NC1CCCc2ccccc21. The molecule has 114 valence electrons. The van der Waals surface area contributed by atoms with Crippen molar-refractivity contribution in [2.75, 3.05) is 6.61 Å². The van der Waals surface area contributed by atoms with E-state index in [9.17, 15) is 9.18 Å². The summed E-state index contributed by atoms with van der Waals surface area (Å²) in [5.74, 6) is -0.593. The zero-order valence-corrected chi connectivity index (χ0v) is 12.2. The Balaban J connectivity index is 1.60. The molecule has 4 heteroatoms. The van der Waals surface area contributed by atoms with E-state index < -0.39 is 5.82 Å². The molecule has 2 aromatic rings. The van der Waals surface area contributed by atoms with Crippen LogP contribution in [-0.4, -0.2) is 12.5 Å². The first-order valence-electron chi connectivity index (χ1n) is 7.48. The summed E-state index contributed by atoms with van der Waals surface area (Å²) in [7, 11) is 0. The molecule has 0 spiro atoms. The quantitative estimate of drug-likeness (QED) is 0.939. The Bertz CT molecular complexity index is 672. The van der Waals surface area contributed by atoms with E-state index in [0.717, 1.165) is 19.3 Å². The number of benzene rings is 2. The fourth-order valence-corrected chi connectivity index (χ4v) is 2.84. The first-order chi connectivity index (χ1) is 10.7. The minimum absolute atomic E-state index is 0.0154. The number of hydrogen-bond donors (Lipinski definition) is 1. The van der Waals surface area contributed by atoms with Crippen molar-refractivity contribution >= 4 is 5.91 Å². The monoisotopic (exact) mass is 299 g/mol. The van der Waals surface area contributed by atoms with Crippen molar-refractivity contribution in [3.05, 3.63) is 65.5 Å². The molecule has 2 aromatic carbocycles. The summed E-state index contributed by atoms with van der Waals surface area (Å²) in [4.78, 5) is 12.0.